The van der Waals surface area contributed by atoms with Gasteiger partial charge in [0.1, 0.15) is 79.3 Å². The smallest absolute Gasteiger partial charge is 0.322 e. The van der Waals surface area contributed by atoms with Crippen LogP contribution in [-0.2, 0) is 95.3 Å². The van der Waals surface area contributed by atoms with E-state index in [1.54, 1.807) is 41.5 Å². The third-order valence-corrected chi connectivity index (χ3v) is 13.5. The third-order valence-electron chi connectivity index (χ3n) is 12.2. The first kappa shape index (κ1) is 82.9. The first-order valence-corrected chi connectivity index (χ1v) is 31.1. The van der Waals surface area contributed by atoms with Gasteiger partial charge in [0, 0.05) is 25.0 Å². The lowest BCUT2D eigenvalue weighted by atomic mass is 9.84. The summed E-state index contributed by atoms with van der Waals surface area (Å²) in [4.78, 5) is 123. The van der Waals surface area contributed by atoms with Crippen molar-refractivity contribution in [3.05, 3.63) is 0 Å². The number of aliphatic hydroxyl groups excluding tert-OH is 2. The summed E-state index contributed by atoms with van der Waals surface area (Å²) in [6.07, 6.45) is -0.978. The van der Waals surface area contributed by atoms with E-state index in [1.807, 2.05) is 0 Å². The summed E-state index contributed by atoms with van der Waals surface area (Å²) in [6.45, 7) is 21.4. The molecule has 500 valence electrons. The van der Waals surface area contributed by atoms with Gasteiger partial charge < -0.3 is 78.3 Å². The molecule has 0 aliphatic heterocycles. The van der Waals surface area contributed by atoms with Crippen molar-refractivity contribution in [2.24, 2.45) is 32.5 Å². The van der Waals surface area contributed by atoms with Crippen molar-refractivity contribution >= 4 is 117 Å². The summed E-state index contributed by atoms with van der Waals surface area (Å²) < 4.78 is 57.2. The molecule has 86 heavy (non-hydrogen) atoms. The predicted molar refractivity (Wildman–Crippen MR) is 330 cm³/mol. The Bertz CT molecular complexity index is 1900. The second kappa shape index (κ2) is 36.6. The Labute approximate surface area is 541 Å². The van der Waals surface area contributed by atoms with Crippen LogP contribution >= 0.6 is 63.7 Å². The van der Waals surface area contributed by atoms with E-state index >= 15 is 0 Å². The van der Waals surface area contributed by atoms with Crippen LogP contribution in [0.3, 0.4) is 0 Å². The Hall–Kier alpha value is -3.13. The Morgan fingerprint density at radius 1 is 0.349 bits per heavy atom. The molecule has 0 aromatic heterocycles. The summed E-state index contributed by atoms with van der Waals surface area (Å²) in [5, 5.41) is 26.8. The van der Waals surface area contributed by atoms with E-state index < -0.39 is 182 Å². The highest BCUT2D eigenvalue weighted by molar-refractivity contribution is 9.10. The van der Waals surface area contributed by atoms with E-state index in [-0.39, 0.29) is 59.5 Å². The van der Waals surface area contributed by atoms with Gasteiger partial charge in [0.25, 0.3) is 0 Å². The van der Waals surface area contributed by atoms with Crippen LogP contribution in [0.25, 0.3) is 0 Å². The minimum absolute atomic E-state index is 0.0142. The van der Waals surface area contributed by atoms with Crippen molar-refractivity contribution in [1.82, 2.24) is 16.0 Å². The molecule has 0 heterocycles. The number of halogens is 4. The van der Waals surface area contributed by atoms with Crippen molar-refractivity contribution in [3.8, 4) is 0 Å². The topological polar surface area (TPSA) is 332 Å². The number of hydrogen-bond acceptors (Lipinski definition) is 22. The van der Waals surface area contributed by atoms with Crippen molar-refractivity contribution < 1.29 is 105 Å². The number of carbonyl (C=O) groups is 9. The van der Waals surface area contributed by atoms with Crippen LogP contribution in [0.2, 0.25) is 0 Å². The van der Waals surface area contributed by atoms with Gasteiger partial charge in [-0.2, -0.15) is 0 Å². The second-order valence-electron chi connectivity index (χ2n) is 25.9. The fraction of sp³-hybridized carbons (Fsp3) is 0.842. The minimum Gasteiger partial charge on any atom is -0.464 e. The number of hydrogen-bond donors (Lipinski definition) is 5. The van der Waals surface area contributed by atoms with Crippen molar-refractivity contribution in [1.29, 1.82) is 0 Å². The quantitative estimate of drug-likeness (QED) is 0.0237. The Kier molecular flexibility index (Phi) is 35.3. The molecule has 0 fully saturated rings. The number of esters is 6. The summed E-state index contributed by atoms with van der Waals surface area (Å²) in [6, 6.07) is 0. The average molecular weight is 1500 g/mol. The summed E-state index contributed by atoms with van der Waals surface area (Å²) in [5.41, 5.74) is -9.00. The number of ether oxygens (including phenoxy) is 11. The van der Waals surface area contributed by atoms with Crippen molar-refractivity contribution in [2.45, 2.75) is 141 Å². The zero-order valence-electron chi connectivity index (χ0n) is 53.3. The molecule has 25 nitrogen and oxygen atoms in total. The first-order valence-electron chi connectivity index (χ1n) is 27.9. The van der Waals surface area contributed by atoms with Gasteiger partial charge in [-0.1, -0.05) is 63.7 Å². The van der Waals surface area contributed by atoms with Crippen LogP contribution in [0.1, 0.15) is 118 Å². The molecule has 0 aromatic rings. The first-order chi connectivity index (χ1) is 39.1. The van der Waals surface area contributed by atoms with E-state index in [9.17, 15) is 48.3 Å². The molecular formula is C57H97Br4N3O22. The van der Waals surface area contributed by atoms with E-state index in [0.29, 0.717) is 0 Å². The molecule has 0 bridgehead atoms. The zero-order valence-corrected chi connectivity index (χ0v) is 59.6. The maximum Gasteiger partial charge on any atom is 0.322 e. The monoisotopic (exact) mass is 1490 g/mol. The molecule has 29 heteroatoms. The van der Waals surface area contributed by atoms with Gasteiger partial charge in [-0.25, -0.2) is 0 Å². The molecule has 0 saturated carbocycles. The van der Waals surface area contributed by atoms with E-state index in [2.05, 4.69) is 79.7 Å². The van der Waals surface area contributed by atoms with Crippen LogP contribution in [0, 0.1) is 32.5 Å². The van der Waals surface area contributed by atoms with Crippen molar-refractivity contribution in [3.63, 3.8) is 0 Å². The molecule has 0 aliphatic carbocycles. The molecule has 3 amide bonds. The number of rotatable bonds is 42. The fourth-order valence-electron chi connectivity index (χ4n) is 6.11. The molecule has 3 atom stereocenters. The molecular weight excluding hydrogens is 1400 g/mol. The number of carbonyl (C=O) groups excluding carboxylic acids is 9. The predicted octanol–water partition coefficient (Wildman–Crippen LogP) is 4.82. The van der Waals surface area contributed by atoms with Crippen LogP contribution < -0.4 is 16.0 Å². The maximum absolute atomic E-state index is 14.8. The largest absolute Gasteiger partial charge is 0.464 e. The van der Waals surface area contributed by atoms with Gasteiger partial charge in [0.15, 0.2) is 0 Å². The maximum atomic E-state index is 14.8. The van der Waals surface area contributed by atoms with Gasteiger partial charge in [0.05, 0.1) is 83.5 Å². The van der Waals surface area contributed by atoms with E-state index in [1.165, 1.54) is 76.2 Å². The fourth-order valence-corrected chi connectivity index (χ4v) is 6.57. The average Bonchev–Trinajstić information content (AvgIpc) is 3.43. The highest BCUT2D eigenvalue weighted by Gasteiger charge is 2.46. The second-order valence-corrected chi connectivity index (χ2v) is 33.8. The van der Waals surface area contributed by atoms with Crippen LogP contribution in [0.4, 0.5) is 0 Å². The Morgan fingerprint density at radius 2 is 0.570 bits per heavy atom. The van der Waals surface area contributed by atoms with Gasteiger partial charge >= 0.3 is 35.8 Å². The number of alkyl halides is 4. The minimum atomic E-state index is -1.80. The normalized spacial score (nSPS) is 15.1. The van der Waals surface area contributed by atoms with E-state index in [0.717, 1.165) is 0 Å². The van der Waals surface area contributed by atoms with Crippen molar-refractivity contribution in [2.75, 3.05) is 132 Å². The molecule has 5 N–H and O–H groups in total. The lowest BCUT2D eigenvalue weighted by molar-refractivity contribution is -0.165. The Morgan fingerprint density at radius 3 is 0.791 bits per heavy atom. The number of aliphatic hydroxyl groups is 2. The molecule has 0 saturated heterocycles. The van der Waals surface area contributed by atoms with Gasteiger partial charge in [-0.3, -0.25) is 43.2 Å². The summed E-state index contributed by atoms with van der Waals surface area (Å²) in [7, 11) is 0. The standard InChI is InChI=1S/C57H97Br4N3O22/c1-48(2,3)42(70)81-31-54(15,33-83-44(72)50(7,8)58)39(67)62-28-57(37-80-25-23-78-21-19-76-18-20-77-22-24-79-27-38(66)26-65,29-63-40(68)55(16,32-82-43(71)49(4,5)6)34-84-45(73)51(9,10)59)30-64-41(69)56(17,35-85-46(74)52(11,12)60)36-86-47(75)53(13,14)61/h38,65-66H,18-37H2,1-17H3,(H,62,67)(H,63,68)(H,64,69). The SMILES string of the molecule is CC(C)(C)C(=O)OCC(C)(COC(=O)C(C)(C)Br)C(=O)NCC(CNC(=O)C(C)(COC(=O)C(C)(C)C)COC(=O)C(C)(C)Br)(CNC(=O)C(C)(COC(=O)C(C)(C)Br)COC(=O)C(C)(C)Br)COCCOCCOCCOCCOCC(O)CO. The molecule has 0 aromatic carbocycles. The molecule has 0 spiro atoms. The zero-order chi connectivity index (χ0) is 66.8. The lowest BCUT2D eigenvalue weighted by Gasteiger charge is -2.38. The lowest BCUT2D eigenvalue weighted by Crippen LogP contribution is -2.59. The molecule has 0 radical (unpaired) electrons. The van der Waals surface area contributed by atoms with Gasteiger partial charge in [-0.05, 0) is 118 Å². The van der Waals surface area contributed by atoms with Crippen LogP contribution in [0.5, 0.6) is 0 Å². The van der Waals surface area contributed by atoms with Gasteiger partial charge in [0.2, 0.25) is 17.7 Å². The number of nitrogens with one attached hydrogen (secondary N) is 3. The van der Waals surface area contributed by atoms with E-state index in [4.69, 9.17) is 57.2 Å². The highest BCUT2D eigenvalue weighted by atomic mass is 79.9. The molecule has 0 rings (SSSR count). The summed E-state index contributed by atoms with van der Waals surface area (Å²) in [5.74, 6) is -6.80. The third kappa shape index (κ3) is 32.6. The van der Waals surface area contributed by atoms with Crippen LogP contribution in [-0.4, -0.2) is 219 Å². The van der Waals surface area contributed by atoms with Gasteiger partial charge in [-0.15, -0.1) is 0 Å². The number of amides is 3. The van der Waals surface area contributed by atoms with Crippen LogP contribution in [0.15, 0.2) is 0 Å². The summed E-state index contributed by atoms with van der Waals surface area (Å²) >= 11 is 13.1. The highest BCUT2D eigenvalue weighted by Crippen LogP contribution is 2.30. The Balaban J connectivity index is 7.72. The molecule has 3 unspecified atom stereocenters. The molecule has 0 aliphatic rings.